The van der Waals surface area contributed by atoms with E-state index in [1.807, 2.05) is 13.8 Å². The van der Waals surface area contributed by atoms with Crippen LogP contribution in [0.4, 0.5) is 4.79 Å². The van der Waals surface area contributed by atoms with Crippen molar-refractivity contribution in [2.24, 2.45) is 0 Å². The molecule has 19 heavy (non-hydrogen) atoms. The zero-order chi connectivity index (χ0) is 14.4. The predicted molar refractivity (Wildman–Crippen MR) is 66.3 cm³/mol. The van der Waals surface area contributed by atoms with Gasteiger partial charge in [-0.1, -0.05) is 0 Å². The molecule has 1 saturated carbocycles. The number of ether oxygens (including phenoxy) is 4. The molecule has 1 unspecified atom stereocenters. The monoisotopic (exact) mass is 271 g/mol. The highest BCUT2D eigenvalue weighted by atomic mass is 16.8. The quantitative estimate of drug-likeness (QED) is 0.545. The van der Waals surface area contributed by atoms with E-state index in [1.165, 1.54) is 0 Å². The number of nitriles is 1. The lowest BCUT2D eigenvalue weighted by molar-refractivity contribution is -0.290. The fourth-order valence-corrected chi connectivity index (χ4v) is 2.43. The Labute approximate surface area is 113 Å². The molecule has 0 saturated heterocycles. The molecule has 6 nitrogen and oxygen atoms in total. The van der Waals surface area contributed by atoms with E-state index in [0.29, 0.717) is 32.5 Å². The zero-order valence-corrected chi connectivity index (χ0v) is 11.7. The largest absolute Gasteiger partial charge is 0.510 e. The molecule has 0 spiro atoms. The van der Waals surface area contributed by atoms with Crippen molar-refractivity contribution in [2.45, 2.75) is 51.4 Å². The van der Waals surface area contributed by atoms with Gasteiger partial charge in [-0.25, -0.2) is 4.79 Å². The van der Waals surface area contributed by atoms with Crippen molar-refractivity contribution in [1.29, 1.82) is 5.26 Å². The van der Waals surface area contributed by atoms with Gasteiger partial charge in [0.2, 0.25) is 5.79 Å². The van der Waals surface area contributed by atoms with Crippen LogP contribution in [0.15, 0.2) is 0 Å². The highest BCUT2D eigenvalue weighted by Crippen LogP contribution is 2.45. The van der Waals surface area contributed by atoms with Crippen LogP contribution in [-0.4, -0.2) is 37.4 Å². The Bertz CT molecular complexity index is 345. The lowest BCUT2D eigenvalue weighted by Crippen LogP contribution is -2.55. The molecule has 0 aromatic heterocycles. The molecule has 1 atom stereocenters. The van der Waals surface area contributed by atoms with Crippen molar-refractivity contribution >= 4 is 6.16 Å². The summed E-state index contributed by atoms with van der Waals surface area (Å²) in [5, 5.41) is 9.48. The fraction of sp³-hybridized carbons (Fsp3) is 0.846. The zero-order valence-electron chi connectivity index (χ0n) is 11.7. The van der Waals surface area contributed by atoms with Crippen LogP contribution in [0.1, 0.15) is 40.0 Å². The molecule has 6 heteroatoms. The minimum atomic E-state index is -1.44. The van der Waals surface area contributed by atoms with Gasteiger partial charge < -0.3 is 18.9 Å². The van der Waals surface area contributed by atoms with Crippen LogP contribution in [-0.2, 0) is 18.9 Å². The molecule has 1 aliphatic rings. The Kier molecular flexibility index (Phi) is 5.58. The van der Waals surface area contributed by atoms with Gasteiger partial charge in [0.1, 0.15) is 6.07 Å². The molecule has 0 heterocycles. The summed E-state index contributed by atoms with van der Waals surface area (Å²) in [6.45, 7) is 6.23. The average Bonchev–Trinajstić information content (AvgIpc) is 2.70. The molecule has 1 aliphatic carbocycles. The minimum absolute atomic E-state index is 0.191. The van der Waals surface area contributed by atoms with Gasteiger partial charge in [-0.2, -0.15) is 5.26 Å². The normalized spacial score (nSPS) is 24.7. The molecule has 0 aliphatic heterocycles. The first-order valence-electron chi connectivity index (χ1n) is 6.64. The summed E-state index contributed by atoms with van der Waals surface area (Å²) < 4.78 is 21.3. The number of carbonyl (C=O) groups excluding carboxylic acids is 1. The van der Waals surface area contributed by atoms with Gasteiger partial charge in [0.25, 0.3) is 5.60 Å². The predicted octanol–water partition coefficient (Wildman–Crippen LogP) is 2.38. The third kappa shape index (κ3) is 2.99. The summed E-state index contributed by atoms with van der Waals surface area (Å²) in [5.41, 5.74) is -1.44. The smallest absolute Gasteiger partial charge is 0.435 e. The standard InChI is InChI=1S/C13H21NO5/c1-4-16-11(15)19-12(10-14)8-7-9-13(12,17-5-2)18-6-3/h4-9H2,1-3H3. The van der Waals surface area contributed by atoms with E-state index in [4.69, 9.17) is 18.9 Å². The maximum atomic E-state index is 11.6. The van der Waals surface area contributed by atoms with Crippen molar-refractivity contribution in [2.75, 3.05) is 19.8 Å². The van der Waals surface area contributed by atoms with Gasteiger partial charge in [-0.3, -0.25) is 0 Å². The van der Waals surface area contributed by atoms with E-state index >= 15 is 0 Å². The summed E-state index contributed by atoms with van der Waals surface area (Å²) in [7, 11) is 0. The van der Waals surface area contributed by atoms with Crippen LogP contribution in [0.5, 0.6) is 0 Å². The fourth-order valence-electron chi connectivity index (χ4n) is 2.43. The van der Waals surface area contributed by atoms with Crippen molar-refractivity contribution < 1.29 is 23.7 Å². The molecule has 0 N–H and O–H groups in total. The Balaban J connectivity index is 3.00. The van der Waals surface area contributed by atoms with E-state index in [2.05, 4.69) is 6.07 Å². The Morgan fingerprint density at radius 3 is 2.26 bits per heavy atom. The van der Waals surface area contributed by atoms with Gasteiger partial charge in [-0.15, -0.1) is 0 Å². The van der Waals surface area contributed by atoms with Crippen LogP contribution in [0, 0.1) is 11.3 Å². The number of hydrogen-bond acceptors (Lipinski definition) is 6. The topological polar surface area (TPSA) is 77.8 Å². The van der Waals surface area contributed by atoms with Crippen molar-refractivity contribution in [3.05, 3.63) is 0 Å². The highest BCUT2D eigenvalue weighted by molar-refractivity contribution is 5.61. The Morgan fingerprint density at radius 1 is 1.16 bits per heavy atom. The minimum Gasteiger partial charge on any atom is -0.435 e. The maximum absolute atomic E-state index is 11.6. The number of carbonyl (C=O) groups is 1. The molecule has 0 amide bonds. The van der Waals surface area contributed by atoms with Crippen LogP contribution in [0.2, 0.25) is 0 Å². The second-order valence-corrected chi connectivity index (χ2v) is 4.20. The summed E-state index contributed by atoms with van der Waals surface area (Å²) >= 11 is 0. The highest BCUT2D eigenvalue weighted by Gasteiger charge is 2.61. The summed E-state index contributed by atoms with van der Waals surface area (Å²) in [6, 6.07) is 2.05. The van der Waals surface area contributed by atoms with Crippen molar-refractivity contribution in [1.82, 2.24) is 0 Å². The third-order valence-electron chi connectivity index (χ3n) is 3.11. The third-order valence-corrected chi connectivity index (χ3v) is 3.11. The molecule has 0 aromatic rings. The molecule has 0 aromatic carbocycles. The Morgan fingerprint density at radius 2 is 1.79 bits per heavy atom. The molecular weight excluding hydrogens is 250 g/mol. The summed E-state index contributed by atoms with van der Waals surface area (Å²) in [4.78, 5) is 11.6. The van der Waals surface area contributed by atoms with Crippen LogP contribution < -0.4 is 0 Å². The lowest BCUT2D eigenvalue weighted by atomic mass is 9.97. The van der Waals surface area contributed by atoms with Crippen LogP contribution in [0.25, 0.3) is 0 Å². The number of nitrogens with zero attached hydrogens (tertiary/aromatic N) is 1. The van der Waals surface area contributed by atoms with Crippen molar-refractivity contribution in [3.8, 4) is 6.07 Å². The van der Waals surface area contributed by atoms with Crippen LogP contribution >= 0.6 is 0 Å². The van der Waals surface area contributed by atoms with E-state index < -0.39 is 17.5 Å². The summed E-state index contributed by atoms with van der Waals surface area (Å²) in [5.74, 6) is -1.20. The van der Waals surface area contributed by atoms with E-state index in [9.17, 15) is 10.1 Å². The number of hydrogen-bond donors (Lipinski definition) is 0. The van der Waals surface area contributed by atoms with Gasteiger partial charge in [0, 0.05) is 26.1 Å². The molecule has 1 fully saturated rings. The second-order valence-electron chi connectivity index (χ2n) is 4.20. The molecule has 0 bridgehead atoms. The van der Waals surface area contributed by atoms with Crippen LogP contribution in [0.3, 0.4) is 0 Å². The first kappa shape index (κ1) is 15.7. The van der Waals surface area contributed by atoms with Gasteiger partial charge in [0.05, 0.1) is 6.61 Å². The van der Waals surface area contributed by atoms with E-state index in [0.717, 1.165) is 0 Å². The number of rotatable bonds is 6. The Hall–Kier alpha value is -1.32. The van der Waals surface area contributed by atoms with Gasteiger partial charge >= 0.3 is 6.16 Å². The molecule has 1 rings (SSSR count). The maximum Gasteiger partial charge on any atom is 0.510 e. The first-order chi connectivity index (χ1) is 9.09. The first-order valence-corrected chi connectivity index (χ1v) is 6.64. The van der Waals surface area contributed by atoms with Gasteiger partial charge in [-0.05, 0) is 27.2 Å². The molecule has 108 valence electrons. The van der Waals surface area contributed by atoms with Gasteiger partial charge in [0.15, 0.2) is 0 Å². The lowest BCUT2D eigenvalue weighted by Gasteiger charge is -2.39. The SMILES string of the molecule is CCOC(=O)OC1(C#N)CCCC1(OCC)OCC. The average molecular weight is 271 g/mol. The second kappa shape index (κ2) is 6.73. The molecular formula is C13H21NO5. The molecule has 0 radical (unpaired) electrons. The summed E-state index contributed by atoms with van der Waals surface area (Å²) in [6.07, 6.45) is 0.714. The van der Waals surface area contributed by atoms with E-state index in [-0.39, 0.29) is 6.61 Å². The van der Waals surface area contributed by atoms with E-state index in [1.54, 1.807) is 6.92 Å². The van der Waals surface area contributed by atoms with Crippen molar-refractivity contribution in [3.63, 3.8) is 0 Å².